The van der Waals surface area contributed by atoms with Crippen molar-refractivity contribution < 1.29 is 0 Å². The van der Waals surface area contributed by atoms with E-state index in [1.54, 1.807) is 0 Å². The van der Waals surface area contributed by atoms with E-state index in [4.69, 9.17) is 10.7 Å². The number of rotatable bonds is 5. The number of nitrogens with zero attached hydrogens (tertiary/aromatic N) is 1. The van der Waals surface area contributed by atoms with Gasteiger partial charge in [0.2, 0.25) is 0 Å². The average molecular weight is 447 g/mol. The van der Waals surface area contributed by atoms with Gasteiger partial charge in [-0.25, -0.2) is 0 Å². The van der Waals surface area contributed by atoms with Gasteiger partial charge in [0.15, 0.2) is 0 Å². The third kappa shape index (κ3) is 4.83. The van der Waals surface area contributed by atoms with Gasteiger partial charge >= 0.3 is 0 Å². The maximum Gasteiger partial charge on any atom is 0.0573 e. The van der Waals surface area contributed by atoms with Gasteiger partial charge in [-0.05, 0) is 58.2 Å². The molecule has 0 fully saturated rings. The lowest BCUT2D eigenvalue weighted by Crippen LogP contribution is -2.27. The van der Waals surface area contributed by atoms with Crippen molar-refractivity contribution in [3.63, 3.8) is 0 Å². The molecule has 0 aromatic heterocycles. The smallest absolute Gasteiger partial charge is 0.0573 e. The molecule has 2 aromatic carbocycles. The van der Waals surface area contributed by atoms with E-state index >= 15 is 0 Å². The Morgan fingerprint density at radius 3 is 2.59 bits per heavy atom. The summed E-state index contributed by atoms with van der Waals surface area (Å²) in [6.07, 6.45) is 23.1. The molecule has 5 rings (SSSR count). The number of nitrogens with two attached hydrogens (primary N) is 1. The molecule has 0 bridgehead atoms. The molecule has 0 spiro atoms. The standard InChI is InChI=1S/C32H34N2/c1-22-9-7-12-25(19-22)26-17-18-28(23(2)20-26)32(34-31-16-6-5-15-30(31)33)21-27-13-8-11-24-10-3-4-14-29(24)27/h3-8,10-14,16-20,22-23,28,30H,9,15,21,33H2,1-2H3. The first kappa shape index (κ1) is 22.6. The van der Waals surface area contributed by atoms with Crippen LogP contribution in [0.4, 0.5) is 0 Å². The number of hydrogen-bond donors (Lipinski definition) is 1. The van der Waals surface area contributed by atoms with E-state index in [0.717, 1.165) is 25.0 Å². The largest absolute Gasteiger partial charge is 0.322 e. The topological polar surface area (TPSA) is 38.4 Å². The van der Waals surface area contributed by atoms with Crippen LogP contribution in [0, 0.1) is 17.8 Å². The number of aliphatic imine (C=N–C) groups is 1. The summed E-state index contributed by atoms with van der Waals surface area (Å²) in [5, 5.41) is 2.57. The van der Waals surface area contributed by atoms with Gasteiger partial charge < -0.3 is 5.73 Å². The maximum absolute atomic E-state index is 6.44. The zero-order chi connectivity index (χ0) is 23.5. The highest BCUT2D eigenvalue weighted by molar-refractivity contribution is 5.96. The van der Waals surface area contributed by atoms with Gasteiger partial charge in [-0.3, -0.25) is 4.99 Å². The predicted octanol–water partition coefficient (Wildman–Crippen LogP) is 7.27. The first-order valence-corrected chi connectivity index (χ1v) is 12.5. The average Bonchev–Trinajstić information content (AvgIpc) is 2.85. The van der Waals surface area contributed by atoms with Crippen molar-refractivity contribution in [2.45, 2.75) is 39.2 Å². The van der Waals surface area contributed by atoms with Crippen LogP contribution in [0.1, 0.15) is 32.3 Å². The van der Waals surface area contributed by atoms with Gasteiger partial charge in [-0.2, -0.15) is 0 Å². The van der Waals surface area contributed by atoms with E-state index < -0.39 is 0 Å². The molecule has 0 heterocycles. The quantitative estimate of drug-likeness (QED) is 0.482. The molecule has 2 heteroatoms. The van der Waals surface area contributed by atoms with E-state index in [9.17, 15) is 0 Å². The van der Waals surface area contributed by atoms with E-state index in [2.05, 4.69) is 111 Å². The van der Waals surface area contributed by atoms with Gasteiger partial charge in [0, 0.05) is 18.1 Å². The summed E-state index contributed by atoms with van der Waals surface area (Å²) in [5.41, 5.74) is 12.6. The Morgan fingerprint density at radius 1 is 0.941 bits per heavy atom. The highest BCUT2D eigenvalue weighted by atomic mass is 14.8. The summed E-state index contributed by atoms with van der Waals surface area (Å²) < 4.78 is 0. The summed E-state index contributed by atoms with van der Waals surface area (Å²) in [6, 6.07) is 15.2. The van der Waals surface area contributed by atoms with Crippen LogP contribution >= 0.6 is 0 Å². The van der Waals surface area contributed by atoms with Gasteiger partial charge in [-0.1, -0.05) is 105 Å². The van der Waals surface area contributed by atoms with Crippen molar-refractivity contribution in [2.75, 3.05) is 0 Å². The third-order valence-corrected chi connectivity index (χ3v) is 7.18. The number of hydrogen-bond acceptors (Lipinski definition) is 2. The van der Waals surface area contributed by atoms with Gasteiger partial charge in [0.05, 0.1) is 11.7 Å². The van der Waals surface area contributed by atoms with Crippen LogP contribution in [-0.2, 0) is 6.42 Å². The first-order chi connectivity index (χ1) is 16.6. The van der Waals surface area contributed by atoms with Crippen LogP contribution in [0.3, 0.4) is 0 Å². The second-order valence-electron chi connectivity index (χ2n) is 9.88. The number of benzene rings is 2. The van der Waals surface area contributed by atoms with Crippen molar-refractivity contribution >= 4 is 16.5 Å². The molecule has 0 amide bonds. The van der Waals surface area contributed by atoms with Crippen molar-refractivity contribution in [1.29, 1.82) is 0 Å². The zero-order valence-corrected chi connectivity index (χ0v) is 20.2. The predicted molar refractivity (Wildman–Crippen MR) is 146 cm³/mol. The zero-order valence-electron chi connectivity index (χ0n) is 20.2. The van der Waals surface area contributed by atoms with E-state index in [-0.39, 0.29) is 12.0 Å². The minimum absolute atomic E-state index is 0.0412. The van der Waals surface area contributed by atoms with E-state index in [0.29, 0.717) is 11.8 Å². The Kier molecular flexibility index (Phi) is 6.60. The Morgan fingerprint density at radius 2 is 1.76 bits per heavy atom. The molecule has 0 aliphatic heterocycles. The van der Waals surface area contributed by atoms with Crippen molar-refractivity contribution in [2.24, 2.45) is 28.5 Å². The highest BCUT2D eigenvalue weighted by Gasteiger charge is 2.25. The minimum atomic E-state index is -0.0412. The summed E-state index contributed by atoms with van der Waals surface area (Å²) in [7, 11) is 0. The molecule has 3 aliphatic rings. The van der Waals surface area contributed by atoms with Gasteiger partial charge in [-0.15, -0.1) is 0 Å². The Balaban J connectivity index is 1.50. The number of fused-ring (bicyclic) bond motifs is 1. The highest BCUT2D eigenvalue weighted by Crippen LogP contribution is 2.33. The van der Waals surface area contributed by atoms with Crippen molar-refractivity contribution in [1.82, 2.24) is 0 Å². The third-order valence-electron chi connectivity index (χ3n) is 7.18. The Hall–Kier alpha value is -3.23. The molecule has 4 unspecified atom stereocenters. The van der Waals surface area contributed by atoms with Crippen LogP contribution in [-0.4, -0.2) is 11.8 Å². The number of allylic oxidation sites excluding steroid dienone is 10. The second-order valence-corrected chi connectivity index (χ2v) is 9.88. The van der Waals surface area contributed by atoms with Crippen LogP contribution in [0.5, 0.6) is 0 Å². The lowest BCUT2D eigenvalue weighted by Gasteiger charge is -2.27. The van der Waals surface area contributed by atoms with Crippen LogP contribution < -0.4 is 5.73 Å². The van der Waals surface area contributed by atoms with E-state index in [1.807, 2.05) is 0 Å². The first-order valence-electron chi connectivity index (χ1n) is 12.5. The molecule has 3 aliphatic carbocycles. The normalized spacial score (nSPS) is 26.9. The lowest BCUT2D eigenvalue weighted by molar-refractivity contribution is 0.622. The molecular weight excluding hydrogens is 412 g/mol. The maximum atomic E-state index is 6.44. The van der Waals surface area contributed by atoms with Crippen LogP contribution in [0.15, 0.2) is 119 Å². The monoisotopic (exact) mass is 446 g/mol. The summed E-state index contributed by atoms with van der Waals surface area (Å²) in [5.74, 6) is 1.20. The lowest BCUT2D eigenvalue weighted by atomic mass is 9.79. The van der Waals surface area contributed by atoms with Gasteiger partial charge in [0.1, 0.15) is 0 Å². The van der Waals surface area contributed by atoms with Crippen molar-refractivity contribution in [3.8, 4) is 0 Å². The molecular formula is C32H34N2. The molecule has 172 valence electrons. The fraction of sp³-hybridized carbons (Fsp3) is 0.281. The SMILES string of the molecule is CC1C=C(C2=CC(C)C(C(Cc3cccc4ccccc34)=NC3=CC=CCC3N)C=C2)C=CC1. The summed E-state index contributed by atoms with van der Waals surface area (Å²) >= 11 is 0. The fourth-order valence-electron chi connectivity index (χ4n) is 5.26. The van der Waals surface area contributed by atoms with Crippen LogP contribution in [0.25, 0.3) is 10.8 Å². The summed E-state index contributed by atoms with van der Waals surface area (Å²) in [6.45, 7) is 4.60. The fourth-order valence-corrected chi connectivity index (χ4v) is 5.26. The molecule has 2 N–H and O–H groups in total. The van der Waals surface area contributed by atoms with E-state index in [1.165, 1.54) is 33.2 Å². The molecule has 0 saturated heterocycles. The Bertz CT molecular complexity index is 1280. The molecule has 0 radical (unpaired) electrons. The second kappa shape index (κ2) is 9.95. The molecule has 34 heavy (non-hydrogen) atoms. The molecule has 4 atom stereocenters. The Labute approximate surface area is 203 Å². The molecule has 0 saturated carbocycles. The molecule has 2 aromatic rings. The molecule has 2 nitrogen and oxygen atoms in total. The van der Waals surface area contributed by atoms with Crippen molar-refractivity contribution in [3.05, 3.63) is 120 Å². The van der Waals surface area contributed by atoms with Gasteiger partial charge in [0.25, 0.3) is 0 Å². The van der Waals surface area contributed by atoms with Crippen LogP contribution in [0.2, 0.25) is 0 Å². The minimum Gasteiger partial charge on any atom is -0.322 e. The summed E-state index contributed by atoms with van der Waals surface area (Å²) in [4.78, 5) is 5.23.